The molecule has 12 heavy (non-hydrogen) atoms. The van der Waals surface area contributed by atoms with Gasteiger partial charge in [-0.2, -0.15) is 5.10 Å². The summed E-state index contributed by atoms with van der Waals surface area (Å²) >= 11 is 0. The highest BCUT2D eigenvalue weighted by molar-refractivity contribution is 4.87. The number of nitrogens with zero attached hydrogens (tertiary/aromatic N) is 2. The monoisotopic (exact) mass is 168 g/mol. The van der Waals surface area contributed by atoms with E-state index in [-0.39, 0.29) is 0 Å². The van der Waals surface area contributed by atoms with E-state index in [4.69, 9.17) is 0 Å². The minimum Gasteiger partial charge on any atom is -0.307 e. The van der Waals surface area contributed by atoms with E-state index in [1.165, 1.54) is 0 Å². The van der Waals surface area contributed by atoms with Crippen molar-refractivity contribution in [2.45, 2.75) is 39.8 Å². The highest BCUT2D eigenvalue weighted by Gasteiger charge is 2.01. The Morgan fingerprint density at radius 1 is 1.58 bits per heavy atom. The lowest BCUT2D eigenvalue weighted by atomic mass is 10.2. The lowest BCUT2D eigenvalue weighted by molar-refractivity contribution is 0.523. The zero-order chi connectivity index (χ0) is 8.97. The molecule has 0 fully saturated rings. The lowest BCUT2D eigenvalue weighted by Crippen LogP contribution is -2.24. The van der Waals surface area contributed by atoms with E-state index in [9.17, 15) is 0 Å². The molecule has 1 unspecified atom stereocenters. The summed E-state index contributed by atoms with van der Waals surface area (Å²) < 4.78 is 0. The maximum atomic E-state index is 4.19. The molecule has 0 bridgehead atoms. The van der Waals surface area contributed by atoms with Crippen LogP contribution in [-0.2, 0) is 6.54 Å². The minimum absolute atomic E-state index is 0.531. The third-order valence-corrected chi connectivity index (χ3v) is 1.86. The first-order valence-electron chi connectivity index (χ1n) is 4.33. The van der Waals surface area contributed by atoms with Crippen molar-refractivity contribution in [3.05, 3.63) is 11.6 Å². The molecule has 0 aliphatic heterocycles. The Morgan fingerprint density at radius 2 is 2.33 bits per heavy atom. The van der Waals surface area contributed by atoms with Gasteiger partial charge in [-0.25, -0.2) is 4.98 Å². The van der Waals surface area contributed by atoms with E-state index in [1.807, 2.05) is 6.92 Å². The predicted octanol–water partition coefficient (Wildman–Crippen LogP) is 1.00. The molecule has 1 rings (SSSR count). The first kappa shape index (κ1) is 9.19. The summed E-state index contributed by atoms with van der Waals surface area (Å²) in [6.45, 7) is 6.96. The molecule has 4 nitrogen and oxygen atoms in total. The van der Waals surface area contributed by atoms with Crippen molar-refractivity contribution in [2.75, 3.05) is 0 Å². The number of aromatic amines is 1. The molecule has 0 aliphatic carbocycles. The zero-order valence-electron chi connectivity index (χ0n) is 7.89. The summed E-state index contributed by atoms with van der Waals surface area (Å²) in [5.74, 6) is 1.71. The van der Waals surface area contributed by atoms with Crippen molar-refractivity contribution in [3.63, 3.8) is 0 Å². The summed E-state index contributed by atoms with van der Waals surface area (Å²) in [5, 5.41) is 10.1. The summed E-state index contributed by atoms with van der Waals surface area (Å²) in [6.07, 6.45) is 1.13. The Kier molecular flexibility index (Phi) is 3.22. The topological polar surface area (TPSA) is 53.6 Å². The Labute approximate surface area is 72.8 Å². The molecule has 0 saturated heterocycles. The molecule has 1 heterocycles. The molecule has 0 saturated carbocycles. The number of hydrogen-bond donors (Lipinski definition) is 2. The van der Waals surface area contributed by atoms with Crippen LogP contribution in [0.25, 0.3) is 0 Å². The smallest absolute Gasteiger partial charge is 0.164 e. The van der Waals surface area contributed by atoms with Crippen molar-refractivity contribution in [1.29, 1.82) is 0 Å². The van der Waals surface area contributed by atoms with E-state index in [2.05, 4.69) is 34.3 Å². The standard InChI is InChI=1S/C8H16N4/c1-4-6(2)9-5-8-10-7(3)11-12-8/h6,9H,4-5H2,1-3H3,(H,10,11,12). The largest absolute Gasteiger partial charge is 0.307 e. The van der Waals surface area contributed by atoms with Gasteiger partial charge in [0.25, 0.3) is 0 Å². The SMILES string of the molecule is CCC(C)NCc1n[nH]c(C)n1. The molecule has 4 heteroatoms. The third-order valence-electron chi connectivity index (χ3n) is 1.86. The van der Waals surface area contributed by atoms with Gasteiger partial charge in [-0.05, 0) is 20.3 Å². The third kappa shape index (κ3) is 2.62. The second-order valence-corrected chi connectivity index (χ2v) is 3.03. The quantitative estimate of drug-likeness (QED) is 0.705. The molecule has 1 atom stereocenters. The Bertz CT molecular complexity index is 231. The lowest BCUT2D eigenvalue weighted by Gasteiger charge is -2.07. The van der Waals surface area contributed by atoms with Gasteiger partial charge in [0.15, 0.2) is 5.82 Å². The number of hydrogen-bond acceptors (Lipinski definition) is 3. The van der Waals surface area contributed by atoms with E-state index in [1.54, 1.807) is 0 Å². The molecule has 0 radical (unpaired) electrons. The van der Waals surface area contributed by atoms with Crippen LogP contribution in [0, 0.1) is 6.92 Å². The van der Waals surface area contributed by atoms with Gasteiger partial charge in [0.2, 0.25) is 0 Å². The fourth-order valence-corrected chi connectivity index (χ4v) is 0.878. The summed E-state index contributed by atoms with van der Waals surface area (Å²) in [7, 11) is 0. The van der Waals surface area contributed by atoms with Crippen LogP contribution in [0.15, 0.2) is 0 Å². The normalized spacial score (nSPS) is 13.2. The fourth-order valence-electron chi connectivity index (χ4n) is 0.878. The molecule has 68 valence electrons. The van der Waals surface area contributed by atoms with Gasteiger partial charge in [0, 0.05) is 6.04 Å². The van der Waals surface area contributed by atoms with Gasteiger partial charge >= 0.3 is 0 Å². The summed E-state index contributed by atoms with van der Waals surface area (Å²) in [4.78, 5) is 4.19. The van der Waals surface area contributed by atoms with Crippen LogP contribution in [0.2, 0.25) is 0 Å². The van der Waals surface area contributed by atoms with Crippen LogP contribution < -0.4 is 5.32 Å². The highest BCUT2D eigenvalue weighted by atomic mass is 15.2. The molecule has 1 aromatic rings. The van der Waals surface area contributed by atoms with Crippen LogP contribution in [0.1, 0.15) is 31.9 Å². The number of nitrogens with one attached hydrogen (secondary N) is 2. The number of H-pyrrole nitrogens is 1. The zero-order valence-corrected chi connectivity index (χ0v) is 7.89. The van der Waals surface area contributed by atoms with E-state index >= 15 is 0 Å². The van der Waals surface area contributed by atoms with Crippen molar-refractivity contribution in [2.24, 2.45) is 0 Å². The highest BCUT2D eigenvalue weighted by Crippen LogP contribution is 1.93. The maximum absolute atomic E-state index is 4.19. The maximum Gasteiger partial charge on any atom is 0.164 e. The molecule has 2 N–H and O–H groups in total. The second kappa shape index (κ2) is 4.21. The van der Waals surface area contributed by atoms with E-state index < -0.39 is 0 Å². The van der Waals surface area contributed by atoms with Gasteiger partial charge in [-0.3, -0.25) is 5.10 Å². The predicted molar refractivity (Wildman–Crippen MR) is 47.7 cm³/mol. The summed E-state index contributed by atoms with van der Waals surface area (Å²) in [6, 6.07) is 0.531. The minimum atomic E-state index is 0.531. The Balaban J connectivity index is 2.33. The molecule has 0 spiro atoms. The average Bonchev–Trinajstić information content (AvgIpc) is 2.47. The first-order valence-corrected chi connectivity index (χ1v) is 4.33. The number of rotatable bonds is 4. The van der Waals surface area contributed by atoms with Crippen molar-refractivity contribution >= 4 is 0 Å². The molecule has 1 aromatic heterocycles. The van der Waals surface area contributed by atoms with Crippen LogP contribution in [-0.4, -0.2) is 21.2 Å². The van der Waals surface area contributed by atoms with Gasteiger partial charge in [-0.1, -0.05) is 6.92 Å². The molecular weight excluding hydrogens is 152 g/mol. The second-order valence-electron chi connectivity index (χ2n) is 3.03. The van der Waals surface area contributed by atoms with Crippen LogP contribution in [0.4, 0.5) is 0 Å². The van der Waals surface area contributed by atoms with Crippen LogP contribution in [0.5, 0.6) is 0 Å². The molecule has 0 aliphatic rings. The Morgan fingerprint density at radius 3 is 2.83 bits per heavy atom. The van der Waals surface area contributed by atoms with Crippen LogP contribution >= 0.6 is 0 Å². The van der Waals surface area contributed by atoms with E-state index in [0.717, 1.165) is 24.6 Å². The van der Waals surface area contributed by atoms with Gasteiger partial charge in [-0.15, -0.1) is 0 Å². The van der Waals surface area contributed by atoms with Crippen molar-refractivity contribution in [3.8, 4) is 0 Å². The molecule has 0 amide bonds. The van der Waals surface area contributed by atoms with Crippen molar-refractivity contribution in [1.82, 2.24) is 20.5 Å². The molecule has 0 aromatic carbocycles. The van der Waals surface area contributed by atoms with Gasteiger partial charge in [0.05, 0.1) is 6.54 Å². The average molecular weight is 168 g/mol. The van der Waals surface area contributed by atoms with Crippen molar-refractivity contribution < 1.29 is 0 Å². The fraction of sp³-hybridized carbons (Fsp3) is 0.750. The van der Waals surface area contributed by atoms with Crippen LogP contribution in [0.3, 0.4) is 0 Å². The van der Waals surface area contributed by atoms with E-state index in [0.29, 0.717) is 6.04 Å². The number of aryl methyl sites for hydroxylation is 1. The number of aromatic nitrogens is 3. The van der Waals surface area contributed by atoms with Gasteiger partial charge < -0.3 is 5.32 Å². The molecular formula is C8H16N4. The van der Waals surface area contributed by atoms with Gasteiger partial charge in [0.1, 0.15) is 5.82 Å². The summed E-state index contributed by atoms with van der Waals surface area (Å²) in [5.41, 5.74) is 0. The first-order chi connectivity index (χ1) is 5.72. The Hall–Kier alpha value is -0.900.